The Morgan fingerprint density at radius 2 is 1.75 bits per heavy atom. The summed E-state index contributed by atoms with van der Waals surface area (Å²) in [4.78, 5) is 36.1. The lowest BCUT2D eigenvalue weighted by atomic mass is 10.2. The molecule has 0 atom stereocenters. The first-order chi connectivity index (χ1) is 15.2. The molecule has 8 nitrogen and oxygen atoms in total. The summed E-state index contributed by atoms with van der Waals surface area (Å²) in [5, 5.41) is 15.8. The average Bonchev–Trinajstić information content (AvgIpc) is 2.77. The van der Waals surface area contributed by atoms with Gasteiger partial charge in [-0.25, -0.2) is 13.2 Å². The number of carbonyl (C=O) groups excluding carboxylic acids is 2. The monoisotopic (exact) mass is 452 g/mol. The van der Waals surface area contributed by atoms with Crippen molar-refractivity contribution in [3.05, 3.63) is 64.0 Å². The zero-order chi connectivity index (χ0) is 23.7. The van der Waals surface area contributed by atoms with E-state index in [4.69, 9.17) is 0 Å². The van der Waals surface area contributed by atoms with Gasteiger partial charge in [0.15, 0.2) is 17.5 Å². The van der Waals surface area contributed by atoms with Gasteiger partial charge in [-0.05, 0) is 37.1 Å². The summed E-state index contributed by atoms with van der Waals surface area (Å²) >= 11 is 0. The number of hydrogen-bond acceptors (Lipinski definition) is 5. The first-order valence-electron chi connectivity index (χ1n) is 9.92. The third-order valence-electron chi connectivity index (χ3n) is 4.46. The molecule has 0 radical (unpaired) electrons. The van der Waals surface area contributed by atoms with Crippen LogP contribution in [0.15, 0.2) is 36.4 Å². The molecule has 2 N–H and O–H groups in total. The smallest absolute Gasteiger partial charge is 0.269 e. The van der Waals surface area contributed by atoms with Gasteiger partial charge in [0.2, 0.25) is 11.8 Å². The highest BCUT2D eigenvalue weighted by atomic mass is 19.2. The van der Waals surface area contributed by atoms with Gasteiger partial charge in [-0.3, -0.25) is 19.7 Å². The second-order valence-corrected chi connectivity index (χ2v) is 6.92. The van der Waals surface area contributed by atoms with E-state index < -0.39 is 34.0 Å². The number of nitrogens with zero attached hydrogens (tertiary/aromatic N) is 2. The molecule has 0 heterocycles. The summed E-state index contributed by atoms with van der Waals surface area (Å²) in [6.45, 7) is 2.18. The summed E-state index contributed by atoms with van der Waals surface area (Å²) in [7, 11) is 0. The SMILES string of the molecule is CCCN(CC(=O)Nc1ccc(F)c(F)c1F)C(=O)CCCNc1ccc([N+](=O)[O-])cc1. The molecule has 0 fully saturated rings. The summed E-state index contributed by atoms with van der Waals surface area (Å²) in [6.07, 6.45) is 1.15. The van der Waals surface area contributed by atoms with E-state index in [1.54, 1.807) is 12.1 Å². The standard InChI is InChI=1S/C21H23F3N4O4/c1-2-12-27(13-18(29)26-17-10-9-16(22)20(23)21(17)24)19(30)4-3-11-25-14-5-7-15(8-6-14)28(31)32/h5-10,25H,2-4,11-13H2,1H3,(H,26,29). The van der Waals surface area contributed by atoms with Crippen LogP contribution < -0.4 is 10.6 Å². The molecule has 0 bridgehead atoms. The van der Waals surface area contributed by atoms with Crippen molar-refractivity contribution in [3.8, 4) is 0 Å². The lowest BCUT2D eigenvalue weighted by Crippen LogP contribution is -2.38. The Balaban J connectivity index is 1.84. The van der Waals surface area contributed by atoms with Gasteiger partial charge < -0.3 is 15.5 Å². The molecular formula is C21H23F3N4O4. The Hall–Kier alpha value is -3.63. The van der Waals surface area contributed by atoms with Gasteiger partial charge in [-0.2, -0.15) is 0 Å². The summed E-state index contributed by atoms with van der Waals surface area (Å²) in [6, 6.07) is 7.45. The van der Waals surface area contributed by atoms with Crippen molar-refractivity contribution in [2.75, 3.05) is 30.3 Å². The van der Waals surface area contributed by atoms with Crippen LogP contribution in [0.3, 0.4) is 0 Å². The van der Waals surface area contributed by atoms with Crippen molar-refractivity contribution in [2.24, 2.45) is 0 Å². The number of rotatable bonds is 11. The van der Waals surface area contributed by atoms with Crippen molar-refractivity contribution in [1.82, 2.24) is 4.90 Å². The minimum absolute atomic E-state index is 0.0255. The Bertz CT molecular complexity index is 970. The number of halogens is 3. The lowest BCUT2D eigenvalue weighted by molar-refractivity contribution is -0.384. The van der Waals surface area contributed by atoms with Crippen molar-refractivity contribution < 1.29 is 27.7 Å². The van der Waals surface area contributed by atoms with E-state index in [1.165, 1.54) is 17.0 Å². The second-order valence-electron chi connectivity index (χ2n) is 6.92. The predicted molar refractivity (Wildman–Crippen MR) is 113 cm³/mol. The van der Waals surface area contributed by atoms with Crippen molar-refractivity contribution in [1.29, 1.82) is 0 Å². The third kappa shape index (κ3) is 6.96. The molecule has 0 unspecified atom stereocenters. The number of carbonyl (C=O) groups is 2. The first kappa shape index (κ1) is 24.6. The Kier molecular flexibility index (Phi) is 8.99. The summed E-state index contributed by atoms with van der Waals surface area (Å²) < 4.78 is 40.0. The van der Waals surface area contributed by atoms with Gasteiger partial charge in [0.25, 0.3) is 5.69 Å². The van der Waals surface area contributed by atoms with Crippen molar-refractivity contribution in [2.45, 2.75) is 26.2 Å². The maximum absolute atomic E-state index is 13.7. The minimum Gasteiger partial charge on any atom is -0.385 e. The Morgan fingerprint density at radius 1 is 1.06 bits per heavy atom. The largest absolute Gasteiger partial charge is 0.385 e. The van der Waals surface area contributed by atoms with Gasteiger partial charge in [0.1, 0.15) is 0 Å². The normalized spacial score (nSPS) is 10.5. The molecule has 2 rings (SSSR count). The highest BCUT2D eigenvalue weighted by Crippen LogP contribution is 2.19. The predicted octanol–water partition coefficient (Wildman–Crippen LogP) is 4.08. The fourth-order valence-electron chi connectivity index (χ4n) is 2.88. The number of non-ortho nitro benzene ring substituents is 1. The van der Waals surface area contributed by atoms with E-state index in [1.807, 2.05) is 6.92 Å². The van der Waals surface area contributed by atoms with Crippen LogP contribution in [0.25, 0.3) is 0 Å². The molecule has 0 aliphatic rings. The zero-order valence-corrected chi connectivity index (χ0v) is 17.4. The summed E-state index contributed by atoms with van der Waals surface area (Å²) in [5.41, 5.74) is 0.133. The maximum atomic E-state index is 13.7. The number of hydrogen-bond donors (Lipinski definition) is 2. The number of benzene rings is 2. The molecule has 11 heteroatoms. The number of nitro groups is 1. The fraction of sp³-hybridized carbons (Fsp3) is 0.333. The summed E-state index contributed by atoms with van der Waals surface area (Å²) in [5.74, 6) is -5.60. The second kappa shape index (κ2) is 11.7. The van der Waals surface area contributed by atoms with Crippen LogP contribution in [0, 0.1) is 27.6 Å². The topological polar surface area (TPSA) is 105 Å². The van der Waals surface area contributed by atoms with E-state index in [0.29, 0.717) is 37.7 Å². The van der Waals surface area contributed by atoms with Gasteiger partial charge in [-0.1, -0.05) is 6.92 Å². The van der Waals surface area contributed by atoms with Crippen LogP contribution in [-0.2, 0) is 9.59 Å². The molecule has 0 aliphatic carbocycles. The van der Waals surface area contributed by atoms with E-state index >= 15 is 0 Å². The van der Waals surface area contributed by atoms with Crippen LogP contribution in [0.5, 0.6) is 0 Å². The fourth-order valence-corrected chi connectivity index (χ4v) is 2.88. The van der Waals surface area contributed by atoms with Gasteiger partial charge in [-0.15, -0.1) is 0 Å². The Morgan fingerprint density at radius 3 is 2.38 bits per heavy atom. The highest BCUT2D eigenvalue weighted by molar-refractivity contribution is 5.94. The van der Waals surface area contributed by atoms with E-state index in [2.05, 4.69) is 10.6 Å². The quantitative estimate of drug-likeness (QED) is 0.231. The molecule has 172 valence electrons. The molecule has 32 heavy (non-hydrogen) atoms. The van der Waals surface area contributed by atoms with Crippen LogP contribution in [0.1, 0.15) is 26.2 Å². The molecule has 0 saturated carbocycles. The van der Waals surface area contributed by atoms with Gasteiger partial charge in [0.05, 0.1) is 17.2 Å². The molecule has 0 aliphatic heterocycles. The zero-order valence-electron chi connectivity index (χ0n) is 17.4. The van der Waals surface area contributed by atoms with Crippen LogP contribution in [-0.4, -0.2) is 41.3 Å². The van der Waals surface area contributed by atoms with Gasteiger partial charge in [0, 0.05) is 37.3 Å². The molecule has 0 spiro atoms. The molecule has 2 amide bonds. The molecule has 2 aromatic rings. The van der Waals surface area contributed by atoms with Gasteiger partial charge >= 0.3 is 0 Å². The number of anilines is 2. The Labute approximate surface area is 182 Å². The van der Waals surface area contributed by atoms with Crippen LogP contribution in [0.4, 0.5) is 30.2 Å². The number of amides is 2. The number of nitro benzene ring substituents is 1. The average molecular weight is 452 g/mol. The molecule has 0 aromatic heterocycles. The third-order valence-corrected chi connectivity index (χ3v) is 4.46. The van der Waals surface area contributed by atoms with E-state index in [0.717, 1.165) is 6.07 Å². The number of nitrogens with one attached hydrogen (secondary N) is 2. The first-order valence-corrected chi connectivity index (χ1v) is 9.92. The van der Waals surface area contributed by atoms with Crippen molar-refractivity contribution >= 4 is 28.9 Å². The molecular weight excluding hydrogens is 429 g/mol. The highest BCUT2D eigenvalue weighted by Gasteiger charge is 2.19. The van der Waals surface area contributed by atoms with E-state index in [-0.39, 0.29) is 24.6 Å². The lowest BCUT2D eigenvalue weighted by Gasteiger charge is -2.22. The molecule has 2 aromatic carbocycles. The van der Waals surface area contributed by atoms with E-state index in [9.17, 15) is 32.9 Å². The van der Waals surface area contributed by atoms with Crippen LogP contribution in [0.2, 0.25) is 0 Å². The maximum Gasteiger partial charge on any atom is 0.269 e. The minimum atomic E-state index is -1.69. The van der Waals surface area contributed by atoms with Crippen molar-refractivity contribution in [3.63, 3.8) is 0 Å². The molecule has 0 saturated heterocycles. The van der Waals surface area contributed by atoms with Crippen LogP contribution >= 0.6 is 0 Å².